The third kappa shape index (κ3) is 3.54. The van der Waals surface area contributed by atoms with E-state index in [-0.39, 0.29) is 18.2 Å². The van der Waals surface area contributed by atoms with Crippen molar-refractivity contribution in [3.05, 3.63) is 88.7 Å². The Morgan fingerprint density at radius 2 is 1.85 bits per heavy atom. The molecule has 3 aromatic rings. The number of amides is 3. The fourth-order valence-electron chi connectivity index (χ4n) is 4.36. The van der Waals surface area contributed by atoms with Crippen LogP contribution in [0.1, 0.15) is 11.1 Å². The second kappa shape index (κ2) is 8.45. The molecular formula is C25H19ClFN3O3S. The number of nitrogens with one attached hydrogen (secondary N) is 1. The summed E-state index contributed by atoms with van der Waals surface area (Å²) in [5, 5.41) is 3.13. The van der Waals surface area contributed by atoms with Crippen LogP contribution in [0.3, 0.4) is 0 Å². The first-order valence-corrected chi connectivity index (χ1v) is 11.9. The molecule has 9 heteroatoms. The largest absolute Gasteiger partial charge is 0.323 e. The van der Waals surface area contributed by atoms with Crippen LogP contribution in [0.4, 0.5) is 21.5 Å². The zero-order valence-corrected chi connectivity index (χ0v) is 19.6. The number of benzene rings is 3. The second-order valence-corrected chi connectivity index (χ2v) is 9.65. The molecule has 172 valence electrons. The number of nitrogens with zero attached hydrogens (tertiary/aromatic N) is 2. The summed E-state index contributed by atoms with van der Waals surface area (Å²) in [7, 11) is 0. The second-order valence-electron chi connectivity index (χ2n) is 8.08. The predicted octanol–water partition coefficient (Wildman–Crippen LogP) is 4.71. The maximum Gasteiger partial charge on any atom is 0.269 e. The highest BCUT2D eigenvalue weighted by atomic mass is 35.5. The van der Waals surface area contributed by atoms with E-state index in [9.17, 15) is 18.8 Å². The third-order valence-corrected chi connectivity index (χ3v) is 7.56. The van der Waals surface area contributed by atoms with Crippen LogP contribution < -0.4 is 15.1 Å². The highest BCUT2D eigenvalue weighted by molar-refractivity contribution is 8.02. The average Bonchev–Trinajstić information content (AvgIpc) is 3.27. The molecule has 2 aliphatic rings. The summed E-state index contributed by atoms with van der Waals surface area (Å²) in [6.07, 6.45) is 0. The number of thioether (sulfide) groups is 1. The maximum absolute atomic E-state index is 14.0. The molecule has 2 aliphatic heterocycles. The molecule has 0 bridgehead atoms. The Labute approximate surface area is 204 Å². The lowest BCUT2D eigenvalue weighted by molar-refractivity contribution is -0.124. The van der Waals surface area contributed by atoms with E-state index in [1.807, 2.05) is 19.1 Å². The van der Waals surface area contributed by atoms with Crippen LogP contribution in [-0.2, 0) is 19.3 Å². The molecule has 0 aromatic heterocycles. The molecule has 1 N–H and O–H groups in total. The van der Waals surface area contributed by atoms with Crippen LogP contribution in [-0.4, -0.2) is 30.0 Å². The summed E-state index contributed by atoms with van der Waals surface area (Å²) >= 11 is 7.36. The van der Waals surface area contributed by atoms with Gasteiger partial charge >= 0.3 is 0 Å². The summed E-state index contributed by atoms with van der Waals surface area (Å²) in [4.78, 5) is 41.3. The molecule has 5 rings (SSSR count). The summed E-state index contributed by atoms with van der Waals surface area (Å²) in [5.74, 6) is -1.45. The molecule has 2 heterocycles. The van der Waals surface area contributed by atoms with Crippen LogP contribution in [0.15, 0.2) is 66.7 Å². The zero-order chi connectivity index (χ0) is 24.0. The number of fused-ring (bicyclic) bond motifs is 2. The van der Waals surface area contributed by atoms with Gasteiger partial charge in [0.15, 0.2) is 0 Å². The van der Waals surface area contributed by atoms with Crippen LogP contribution >= 0.6 is 23.4 Å². The minimum Gasteiger partial charge on any atom is -0.323 e. The number of carbonyl (C=O) groups is 3. The number of hydrogen-bond donors (Lipinski definition) is 1. The lowest BCUT2D eigenvalue weighted by Crippen LogP contribution is -2.50. The quantitative estimate of drug-likeness (QED) is 0.569. The molecule has 0 saturated carbocycles. The topological polar surface area (TPSA) is 69.7 Å². The fourth-order valence-corrected chi connectivity index (χ4v) is 5.89. The average molecular weight is 496 g/mol. The van der Waals surface area contributed by atoms with Crippen molar-refractivity contribution in [3.8, 4) is 0 Å². The van der Waals surface area contributed by atoms with Crippen molar-refractivity contribution in [2.45, 2.75) is 11.8 Å². The SMILES string of the molecule is Cc1ccc2c(c1)[C@]1(SCC(=O)N1c1ccc(F)cc1)C(=O)N2CC(=O)Nc1ccccc1Cl. The molecule has 1 atom stereocenters. The smallest absolute Gasteiger partial charge is 0.269 e. The summed E-state index contributed by atoms with van der Waals surface area (Å²) < 4.78 is 13.6. The van der Waals surface area contributed by atoms with Crippen molar-refractivity contribution >= 4 is 58.1 Å². The van der Waals surface area contributed by atoms with Gasteiger partial charge in [-0.15, -0.1) is 11.8 Å². The molecule has 1 saturated heterocycles. The number of rotatable bonds is 4. The van der Waals surface area contributed by atoms with E-state index in [1.165, 1.54) is 45.8 Å². The van der Waals surface area contributed by atoms with Gasteiger partial charge in [-0.3, -0.25) is 24.2 Å². The fraction of sp³-hybridized carbons (Fsp3) is 0.160. The molecule has 0 radical (unpaired) electrons. The van der Waals surface area contributed by atoms with E-state index in [4.69, 9.17) is 11.6 Å². The van der Waals surface area contributed by atoms with Crippen molar-refractivity contribution in [3.63, 3.8) is 0 Å². The Balaban J connectivity index is 1.55. The van der Waals surface area contributed by atoms with Gasteiger partial charge in [-0.1, -0.05) is 41.4 Å². The van der Waals surface area contributed by atoms with E-state index < -0.39 is 22.5 Å². The number of halogens is 2. The van der Waals surface area contributed by atoms with Crippen molar-refractivity contribution in [1.29, 1.82) is 0 Å². The van der Waals surface area contributed by atoms with Crippen LogP contribution in [0.5, 0.6) is 0 Å². The molecule has 1 fully saturated rings. The summed E-state index contributed by atoms with van der Waals surface area (Å²) in [6.45, 7) is 1.64. The molecule has 0 unspecified atom stereocenters. The van der Waals surface area contributed by atoms with Gasteiger partial charge in [-0.05, 0) is 49.4 Å². The van der Waals surface area contributed by atoms with Crippen molar-refractivity contribution in [2.75, 3.05) is 27.4 Å². The Kier molecular flexibility index (Phi) is 5.58. The zero-order valence-electron chi connectivity index (χ0n) is 18.0. The van der Waals surface area contributed by atoms with Gasteiger partial charge in [0.2, 0.25) is 16.7 Å². The summed E-state index contributed by atoms with van der Waals surface area (Å²) in [6, 6.07) is 17.8. The Bertz CT molecular complexity index is 1330. The first-order chi connectivity index (χ1) is 16.3. The van der Waals surface area contributed by atoms with E-state index >= 15 is 0 Å². The Hall–Kier alpha value is -3.36. The molecule has 3 aromatic carbocycles. The van der Waals surface area contributed by atoms with Gasteiger partial charge in [0, 0.05) is 11.3 Å². The lowest BCUT2D eigenvalue weighted by atomic mass is 10.0. The number of aryl methyl sites for hydroxylation is 1. The van der Waals surface area contributed by atoms with Gasteiger partial charge in [0.05, 0.1) is 22.2 Å². The van der Waals surface area contributed by atoms with Crippen molar-refractivity contribution in [1.82, 2.24) is 0 Å². The summed E-state index contributed by atoms with van der Waals surface area (Å²) in [5.41, 5.74) is 2.95. The standard InChI is InChI=1S/C25H19ClFN3O3S/c1-15-6-11-21-18(12-15)25(30(23(32)14-34-25)17-9-7-16(27)8-10-17)24(33)29(21)13-22(31)28-20-5-3-2-4-19(20)26/h2-12H,13-14H2,1H3,(H,28,31)/t25-/m0/s1. The minimum absolute atomic E-state index is 0.0795. The predicted molar refractivity (Wildman–Crippen MR) is 132 cm³/mol. The van der Waals surface area contributed by atoms with E-state index in [0.29, 0.717) is 27.6 Å². The van der Waals surface area contributed by atoms with Crippen molar-refractivity contribution in [2.24, 2.45) is 0 Å². The monoisotopic (exact) mass is 495 g/mol. The van der Waals surface area contributed by atoms with Gasteiger partial charge in [0.1, 0.15) is 12.4 Å². The van der Waals surface area contributed by atoms with E-state index in [0.717, 1.165) is 5.56 Å². The maximum atomic E-state index is 14.0. The van der Waals surface area contributed by atoms with E-state index in [2.05, 4.69) is 5.32 Å². The molecular weight excluding hydrogens is 477 g/mol. The van der Waals surface area contributed by atoms with Gasteiger partial charge in [0.25, 0.3) is 5.91 Å². The highest BCUT2D eigenvalue weighted by Gasteiger charge is 2.61. The van der Waals surface area contributed by atoms with E-state index in [1.54, 1.807) is 30.3 Å². The molecule has 6 nitrogen and oxygen atoms in total. The first kappa shape index (κ1) is 22.4. The van der Waals surface area contributed by atoms with Crippen LogP contribution in [0.2, 0.25) is 5.02 Å². The lowest BCUT2D eigenvalue weighted by Gasteiger charge is -2.33. The highest BCUT2D eigenvalue weighted by Crippen LogP contribution is 2.55. The molecule has 3 amide bonds. The molecule has 34 heavy (non-hydrogen) atoms. The first-order valence-electron chi connectivity index (χ1n) is 10.5. The Morgan fingerprint density at radius 1 is 1.12 bits per heavy atom. The van der Waals surface area contributed by atoms with Crippen LogP contribution in [0.25, 0.3) is 0 Å². The van der Waals surface area contributed by atoms with Gasteiger partial charge < -0.3 is 5.32 Å². The molecule has 0 aliphatic carbocycles. The van der Waals surface area contributed by atoms with Gasteiger partial charge in [-0.25, -0.2) is 4.39 Å². The Morgan fingerprint density at radius 3 is 2.59 bits per heavy atom. The number of hydrogen-bond acceptors (Lipinski definition) is 4. The minimum atomic E-state index is -1.37. The van der Waals surface area contributed by atoms with Crippen molar-refractivity contribution < 1.29 is 18.8 Å². The number of anilines is 3. The number of carbonyl (C=O) groups excluding carboxylic acids is 3. The third-order valence-electron chi connectivity index (χ3n) is 5.85. The van der Waals surface area contributed by atoms with Gasteiger partial charge in [-0.2, -0.15) is 0 Å². The molecule has 1 spiro atoms. The van der Waals surface area contributed by atoms with Crippen LogP contribution in [0, 0.1) is 12.7 Å². The number of para-hydroxylation sites is 1. The normalized spacial score (nSPS) is 19.1.